The van der Waals surface area contributed by atoms with Crippen LogP contribution in [-0.2, 0) is 4.74 Å². The van der Waals surface area contributed by atoms with Crippen molar-refractivity contribution < 1.29 is 13.9 Å². The maximum absolute atomic E-state index is 12.1. The highest BCUT2D eigenvalue weighted by molar-refractivity contribution is 5.94. The second kappa shape index (κ2) is 5.85. The number of hydrogen-bond acceptors (Lipinski definition) is 5. The number of nitrogens with two attached hydrogens (primary N) is 1. The molecule has 1 amide bonds. The average molecular weight is 329 g/mol. The van der Waals surface area contributed by atoms with Gasteiger partial charge in [0.05, 0.1) is 5.69 Å². The van der Waals surface area contributed by atoms with Crippen molar-refractivity contribution in [3.63, 3.8) is 0 Å². The van der Waals surface area contributed by atoms with E-state index in [9.17, 15) is 4.79 Å². The predicted molar refractivity (Wildman–Crippen MR) is 93.6 cm³/mol. The van der Waals surface area contributed by atoms with Gasteiger partial charge in [-0.3, -0.25) is 0 Å². The van der Waals surface area contributed by atoms with Gasteiger partial charge in [-0.1, -0.05) is 6.08 Å². The number of aromatic nitrogens is 1. The van der Waals surface area contributed by atoms with Crippen molar-refractivity contribution in [2.45, 2.75) is 39.7 Å². The molecule has 0 radical (unpaired) electrons. The third kappa shape index (κ3) is 3.22. The van der Waals surface area contributed by atoms with E-state index in [-0.39, 0.29) is 6.09 Å². The number of ether oxygens (including phenoxy) is 1. The van der Waals surface area contributed by atoms with Crippen LogP contribution in [0.25, 0.3) is 16.7 Å². The van der Waals surface area contributed by atoms with Crippen molar-refractivity contribution in [2.75, 3.05) is 18.8 Å². The van der Waals surface area contributed by atoms with E-state index in [1.807, 2.05) is 45.9 Å². The molecule has 6 nitrogen and oxygen atoms in total. The lowest BCUT2D eigenvalue weighted by Gasteiger charge is -2.29. The van der Waals surface area contributed by atoms with E-state index in [1.54, 1.807) is 4.90 Å². The number of carbonyl (C=O) groups is 1. The van der Waals surface area contributed by atoms with Gasteiger partial charge in [-0.15, -0.1) is 0 Å². The summed E-state index contributed by atoms with van der Waals surface area (Å²) in [5.41, 5.74) is 9.63. The largest absolute Gasteiger partial charge is 0.444 e. The van der Waals surface area contributed by atoms with E-state index in [0.29, 0.717) is 35.8 Å². The molecule has 0 atom stereocenters. The fourth-order valence-electron chi connectivity index (χ4n) is 2.79. The lowest BCUT2D eigenvalue weighted by Crippen LogP contribution is -2.39. The third-order valence-electron chi connectivity index (χ3n) is 3.89. The molecule has 6 heteroatoms. The van der Waals surface area contributed by atoms with Crippen LogP contribution in [0, 0.1) is 6.92 Å². The molecule has 128 valence electrons. The SMILES string of the molecule is Cc1nc2c(N)ccc(C3=CCN(C(=O)OC(C)(C)C)CC3)c2o1. The molecule has 2 aromatic rings. The molecule has 2 heterocycles. The topological polar surface area (TPSA) is 81.6 Å². The number of nitrogens with zero attached hydrogens (tertiary/aromatic N) is 2. The highest BCUT2D eigenvalue weighted by Gasteiger charge is 2.25. The van der Waals surface area contributed by atoms with Crippen LogP contribution in [0.15, 0.2) is 22.6 Å². The van der Waals surface area contributed by atoms with E-state index in [4.69, 9.17) is 14.9 Å². The second-order valence-electron chi connectivity index (χ2n) is 7.02. The number of nitrogen functional groups attached to an aromatic ring is 1. The molecule has 1 aliphatic heterocycles. The second-order valence-corrected chi connectivity index (χ2v) is 7.02. The van der Waals surface area contributed by atoms with E-state index >= 15 is 0 Å². The van der Waals surface area contributed by atoms with Gasteiger partial charge in [0.25, 0.3) is 0 Å². The fourth-order valence-corrected chi connectivity index (χ4v) is 2.79. The average Bonchev–Trinajstić information content (AvgIpc) is 2.88. The first kappa shape index (κ1) is 16.4. The first-order chi connectivity index (χ1) is 11.2. The van der Waals surface area contributed by atoms with Crippen molar-refractivity contribution in [1.82, 2.24) is 9.88 Å². The van der Waals surface area contributed by atoms with Gasteiger partial charge in [0, 0.05) is 25.6 Å². The van der Waals surface area contributed by atoms with Gasteiger partial charge in [-0.2, -0.15) is 0 Å². The molecule has 3 rings (SSSR count). The summed E-state index contributed by atoms with van der Waals surface area (Å²) < 4.78 is 11.2. The third-order valence-corrected chi connectivity index (χ3v) is 3.89. The Morgan fingerprint density at radius 3 is 2.75 bits per heavy atom. The minimum absolute atomic E-state index is 0.282. The smallest absolute Gasteiger partial charge is 0.410 e. The molecule has 1 aromatic heterocycles. The molecule has 24 heavy (non-hydrogen) atoms. The number of carbonyl (C=O) groups excluding carboxylic acids is 1. The molecule has 0 saturated heterocycles. The van der Waals surface area contributed by atoms with Crippen molar-refractivity contribution in [2.24, 2.45) is 0 Å². The number of rotatable bonds is 1. The highest BCUT2D eigenvalue weighted by atomic mass is 16.6. The maximum atomic E-state index is 12.1. The minimum atomic E-state index is -0.485. The Labute approximate surface area is 141 Å². The number of oxazole rings is 1. The molecule has 0 bridgehead atoms. The number of hydrogen-bond donors (Lipinski definition) is 1. The quantitative estimate of drug-likeness (QED) is 0.806. The van der Waals surface area contributed by atoms with Crippen LogP contribution in [0.3, 0.4) is 0 Å². The summed E-state index contributed by atoms with van der Waals surface area (Å²) in [6.07, 6.45) is 2.49. The van der Waals surface area contributed by atoms with Gasteiger partial charge in [0.2, 0.25) is 0 Å². The lowest BCUT2D eigenvalue weighted by atomic mass is 9.98. The Balaban J connectivity index is 1.83. The van der Waals surface area contributed by atoms with E-state index in [0.717, 1.165) is 17.6 Å². The maximum Gasteiger partial charge on any atom is 0.410 e. The van der Waals surface area contributed by atoms with Crippen LogP contribution >= 0.6 is 0 Å². The Bertz CT molecular complexity index is 815. The number of aryl methyl sites for hydroxylation is 1. The first-order valence-corrected chi connectivity index (χ1v) is 8.07. The van der Waals surface area contributed by atoms with E-state index in [1.165, 1.54) is 0 Å². The monoisotopic (exact) mass is 329 g/mol. The van der Waals surface area contributed by atoms with Crippen LogP contribution in [0.5, 0.6) is 0 Å². The first-order valence-electron chi connectivity index (χ1n) is 8.07. The molecular formula is C18H23N3O3. The predicted octanol–water partition coefficient (Wildman–Crippen LogP) is 3.74. The molecule has 0 unspecified atom stereocenters. The zero-order valence-electron chi connectivity index (χ0n) is 14.5. The summed E-state index contributed by atoms with van der Waals surface area (Å²) >= 11 is 0. The number of fused-ring (bicyclic) bond motifs is 1. The van der Waals surface area contributed by atoms with Crippen molar-refractivity contribution in [3.05, 3.63) is 29.7 Å². The summed E-state index contributed by atoms with van der Waals surface area (Å²) in [5, 5.41) is 0. The summed E-state index contributed by atoms with van der Waals surface area (Å²) in [5.74, 6) is 0.593. The van der Waals surface area contributed by atoms with Gasteiger partial charge in [-0.25, -0.2) is 9.78 Å². The highest BCUT2D eigenvalue weighted by Crippen LogP contribution is 2.32. The van der Waals surface area contributed by atoms with Crippen LogP contribution in [0.4, 0.5) is 10.5 Å². The van der Waals surface area contributed by atoms with E-state index < -0.39 is 5.60 Å². The normalized spacial score (nSPS) is 15.5. The summed E-state index contributed by atoms with van der Waals surface area (Å²) in [6.45, 7) is 8.54. The molecule has 1 aliphatic rings. The van der Waals surface area contributed by atoms with Crippen molar-refractivity contribution >= 4 is 28.5 Å². The number of benzene rings is 1. The standard InChI is InChI=1S/C18H23N3O3/c1-11-20-15-14(19)6-5-13(16(15)23-11)12-7-9-21(10-8-12)17(22)24-18(2,3)4/h5-7H,8-10,19H2,1-4H3. The molecule has 0 aliphatic carbocycles. The molecular weight excluding hydrogens is 306 g/mol. The molecule has 1 aromatic carbocycles. The van der Waals surface area contributed by atoms with Crippen LogP contribution in [0.1, 0.15) is 38.6 Å². The van der Waals surface area contributed by atoms with E-state index in [2.05, 4.69) is 4.98 Å². The van der Waals surface area contributed by atoms with Gasteiger partial charge < -0.3 is 19.8 Å². The van der Waals surface area contributed by atoms with Gasteiger partial charge in [-0.05, 0) is 44.9 Å². The van der Waals surface area contributed by atoms with Crippen molar-refractivity contribution in [3.8, 4) is 0 Å². The fraction of sp³-hybridized carbons (Fsp3) is 0.444. The zero-order chi connectivity index (χ0) is 17.5. The molecule has 0 fully saturated rings. The summed E-state index contributed by atoms with van der Waals surface area (Å²) in [4.78, 5) is 18.2. The van der Waals surface area contributed by atoms with Crippen LogP contribution < -0.4 is 5.73 Å². The number of amides is 1. The summed E-state index contributed by atoms with van der Waals surface area (Å²) in [6, 6.07) is 3.80. The summed E-state index contributed by atoms with van der Waals surface area (Å²) in [7, 11) is 0. The van der Waals surface area contributed by atoms with Gasteiger partial charge >= 0.3 is 6.09 Å². The van der Waals surface area contributed by atoms with Gasteiger partial charge in [0.1, 0.15) is 11.1 Å². The Hall–Kier alpha value is -2.50. The Morgan fingerprint density at radius 1 is 1.38 bits per heavy atom. The minimum Gasteiger partial charge on any atom is -0.444 e. The number of anilines is 1. The molecule has 0 spiro atoms. The van der Waals surface area contributed by atoms with Crippen molar-refractivity contribution in [1.29, 1.82) is 0 Å². The molecule has 0 saturated carbocycles. The van der Waals surface area contributed by atoms with Crippen LogP contribution in [0.2, 0.25) is 0 Å². The zero-order valence-corrected chi connectivity index (χ0v) is 14.5. The Kier molecular flexibility index (Phi) is 3.99. The van der Waals surface area contributed by atoms with Crippen LogP contribution in [-0.4, -0.2) is 34.7 Å². The Morgan fingerprint density at radius 2 is 2.12 bits per heavy atom. The van der Waals surface area contributed by atoms with Gasteiger partial charge in [0.15, 0.2) is 11.5 Å². The lowest BCUT2D eigenvalue weighted by molar-refractivity contribution is 0.0270. The molecule has 2 N–H and O–H groups in total.